The van der Waals surface area contributed by atoms with Crippen LogP contribution in [0.3, 0.4) is 0 Å². The van der Waals surface area contributed by atoms with Crippen LogP contribution in [-0.2, 0) is 0 Å². The summed E-state index contributed by atoms with van der Waals surface area (Å²) in [5.41, 5.74) is 6.95. The number of halogens is 1. The zero-order valence-electron chi connectivity index (χ0n) is 8.05. The molecule has 2 rings (SSSR count). The number of benzene rings is 1. The minimum absolute atomic E-state index is 0. The van der Waals surface area contributed by atoms with Crippen molar-refractivity contribution in [2.75, 3.05) is 13.6 Å². The first kappa shape index (κ1) is 11.0. The number of rotatable bonds is 1. The van der Waals surface area contributed by atoms with Gasteiger partial charge in [-0.3, -0.25) is 4.99 Å². The second-order valence-corrected chi connectivity index (χ2v) is 3.24. The van der Waals surface area contributed by atoms with Gasteiger partial charge in [0.15, 0.2) is 5.96 Å². The standard InChI is InChI=1S/C10H13N3.BrH/c1-13-9(7-12-10(13)11)8-5-3-2-4-6-8;/h2-6,9H,7H2,1H3,(H2,11,12);1H. The van der Waals surface area contributed by atoms with E-state index in [9.17, 15) is 0 Å². The number of hydrogen-bond acceptors (Lipinski definition) is 3. The highest BCUT2D eigenvalue weighted by molar-refractivity contribution is 8.93. The van der Waals surface area contributed by atoms with Crippen molar-refractivity contribution in [3.05, 3.63) is 35.9 Å². The van der Waals surface area contributed by atoms with Crippen molar-refractivity contribution >= 4 is 22.9 Å². The molecule has 4 heteroatoms. The van der Waals surface area contributed by atoms with E-state index in [4.69, 9.17) is 5.73 Å². The molecule has 0 radical (unpaired) electrons. The molecule has 1 heterocycles. The van der Waals surface area contributed by atoms with E-state index in [1.165, 1.54) is 5.56 Å². The van der Waals surface area contributed by atoms with Gasteiger partial charge < -0.3 is 10.6 Å². The maximum absolute atomic E-state index is 5.68. The number of likely N-dealkylation sites (N-methyl/N-ethyl adjacent to an activating group) is 1. The minimum atomic E-state index is 0. The summed E-state index contributed by atoms with van der Waals surface area (Å²) >= 11 is 0. The zero-order chi connectivity index (χ0) is 9.26. The molecule has 0 bridgehead atoms. The number of hydrogen-bond donors (Lipinski definition) is 1. The van der Waals surface area contributed by atoms with Crippen molar-refractivity contribution in [1.29, 1.82) is 0 Å². The van der Waals surface area contributed by atoms with Gasteiger partial charge in [0.05, 0.1) is 12.6 Å². The van der Waals surface area contributed by atoms with Crippen LogP contribution in [0.2, 0.25) is 0 Å². The highest BCUT2D eigenvalue weighted by Gasteiger charge is 2.23. The summed E-state index contributed by atoms with van der Waals surface area (Å²) in [4.78, 5) is 6.20. The highest BCUT2D eigenvalue weighted by atomic mass is 79.9. The Morgan fingerprint density at radius 3 is 2.50 bits per heavy atom. The SMILES string of the molecule is Br.CN1C(N)=NCC1c1ccccc1. The Hall–Kier alpha value is -1.03. The van der Waals surface area contributed by atoms with E-state index >= 15 is 0 Å². The lowest BCUT2D eigenvalue weighted by atomic mass is 10.1. The average molecular weight is 256 g/mol. The molecule has 1 aliphatic rings. The maximum atomic E-state index is 5.68. The maximum Gasteiger partial charge on any atom is 0.191 e. The second kappa shape index (κ2) is 4.46. The Labute approximate surface area is 94.4 Å². The first-order chi connectivity index (χ1) is 6.29. The third-order valence-electron chi connectivity index (χ3n) is 2.44. The first-order valence-corrected chi connectivity index (χ1v) is 4.37. The molecule has 1 aromatic rings. The molecule has 0 saturated carbocycles. The molecule has 0 aromatic heterocycles. The Morgan fingerprint density at radius 1 is 1.36 bits per heavy atom. The quantitative estimate of drug-likeness (QED) is 0.828. The molecule has 0 fully saturated rings. The topological polar surface area (TPSA) is 41.6 Å². The Balaban J connectivity index is 0.000000980. The van der Waals surface area contributed by atoms with Crippen LogP contribution in [-0.4, -0.2) is 24.5 Å². The number of guanidine groups is 1. The van der Waals surface area contributed by atoms with Gasteiger partial charge in [-0.05, 0) is 5.56 Å². The molecule has 0 aliphatic carbocycles. The summed E-state index contributed by atoms with van der Waals surface area (Å²) in [6.45, 7) is 0.770. The van der Waals surface area contributed by atoms with E-state index in [2.05, 4.69) is 17.1 Å². The smallest absolute Gasteiger partial charge is 0.191 e. The van der Waals surface area contributed by atoms with Crippen LogP contribution >= 0.6 is 17.0 Å². The number of nitrogens with two attached hydrogens (primary N) is 1. The van der Waals surface area contributed by atoms with E-state index < -0.39 is 0 Å². The van der Waals surface area contributed by atoms with Gasteiger partial charge in [0.2, 0.25) is 0 Å². The molecular weight excluding hydrogens is 242 g/mol. The lowest BCUT2D eigenvalue weighted by Crippen LogP contribution is -2.32. The lowest BCUT2D eigenvalue weighted by molar-refractivity contribution is 0.414. The van der Waals surface area contributed by atoms with Crippen LogP contribution in [0.5, 0.6) is 0 Å². The van der Waals surface area contributed by atoms with Crippen molar-refractivity contribution in [2.45, 2.75) is 6.04 Å². The van der Waals surface area contributed by atoms with E-state index in [0.29, 0.717) is 12.0 Å². The van der Waals surface area contributed by atoms with Gasteiger partial charge >= 0.3 is 0 Å². The van der Waals surface area contributed by atoms with Crippen molar-refractivity contribution in [1.82, 2.24) is 4.90 Å². The summed E-state index contributed by atoms with van der Waals surface area (Å²) in [6, 6.07) is 10.6. The highest BCUT2D eigenvalue weighted by Crippen LogP contribution is 2.22. The van der Waals surface area contributed by atoms with Crippen LogP contribution in [0.1, 0.15) is 11.6 Å². The Morgan fingerprint density at radius 2 is 2.00 bits per heavy atom. The fourth-order valence-electron chi connectivity index (χ4n) is 1.58. The Kier molecular flexibility index (Phi) is 3.52. The predicted molar refractivity (Wildman–Crippen MR) is 63.8 cm³/mol. The molecule has 1 atom stereocenters. The summed E-state index contributed by atoms with van der Waals surface area (Å²) in [7, 11) is 1.98. The number of aliphatic imine (C=N–C) groups is 1. The van der Waals surface area contributed by atoms with Crippen molar-refractivity contribution in [3.8, 4) is 0 Å². The van der Waals surface area contributed by atoms with Gasteiger partial charge in [-0.25, -0.2) is 0 Å². The largest absolute Gasteiger partial charge is 0.370 e. The fourth-order valence-corrected chi connectivity index (χ4v) is 1.58. The van der Waals surface area contributed by atoms with E-state index in [-0.39, 0.29) is 17.0 Å². The van der Waals surface area contributed by atoms with Gasteiger partial charge in [-0.1, -0.05) is 30.3 Å². The molecule has 1 unspecified atom stereocenters. The molecule has 0 amide bonds. The normalized spacial score (nSPS) is 20.2. The van der Waals surface area contributed by atoms with Crippen LogP contribution in [0.25, 0.3) is 0 Å². The monoisotopic (exact) mass is 255 g/mol. The van der Waals surface area contributed by atoms with Crippen molar-refractivity contribution in [2.24, 2.45) is 10.7 Å². The van der Waals surface area contributed by atoms with Gasteiger partial charge in [-0.2, -0.15) is 0 Å². The molecule has 0 saturated heterocycles. The third-order valence-corrected chi connectivity index (χ3v) is 2.44. The molecule has 14 heavy (non-hydrogen) atoms. The average Bonchev–Trinajstić information content (AvgIpc) is 2.49. The van der Waals surface area contributed by atoms with E-state index in [1.807, 2.05) is 30.1 Å². The predicted octanol–water partition coefficient (Wildman–Crippen LogP) is 1.57. The molecule has 1 aliphatic heterocycles. The summed E-state index contributed by atoms with van der Waals surface area (Å²) in [5, 5.41) is 0. The van der Waals surface area contributed by atoms with Gasteiger partial charge in [0, 0.05) is 7.05 Å². The Bertz CT molecular complexity index is 323. The van der Waals surface area contributed by atoms with Crippen LogP contribution in [0.4, 0.5) is 0 Å². The summed E-state index contributed by atoms with van der Waals surface area (Å²) in [5.74, 6) is 0.633. The van der Waals surface area contributed by atoms with Gasteiger partial charge in [-0.15, -0.1) is 17.0 Å². The second-order valence-electron chi connectivity index (χ2n) is 3.24. The van der Waals surface area contributed by atoms with Crippen LogP contribution in [0, 0.1) is 0 Å². The molecule has 3 nitrogen and oxygen atoms in total. The van der Waals surface area contributed by atoms with Crippen molar-refractivity contribution < 1.29 is 0 Å². The number of nitrogens with zero attached hydrogens (tertiary/aromatic N) is 2. The fraction of sp³-hybridized carbons (Fsp3) is 0.300. The molecule has 0 spiro atoms. The first-order valence-electron chi connectivity index (χ1n) is 4.37. The zero-order valence-corrected chi connectivity index (χ0v) is 9.76. The molecular formula is C10H14BrN3. The van der Waals surface area contributed by atoms with Gasteiger partial charge in [0.25, 0.3) is 0 Å². The van der Waals surface area contributed by atoms with Crippen LogP contribution in [0.15, 0.2) is 35.3 Å². The van der Waals surface area contributed by atoms with Gasteiger partial charge in [0.1, 0.15) is 0 Å². The lowest BCUT2D eigenvalue weighted by Gasteiger charge is -2.21. The minimum Gasteiger partial charge on any atom is -0.370 e. The van der Waals surface area contributed by atoms with E-state index in [0.717, 1.165) is 6.54 Å². The molecule has 1 aromatic carbocycles. The molecule has 2 N–H and O–H groups in total. The summed E-state index contributed by atoms with van der Waals surface area (Å²) in [6.07, 6.45) is 0. The summed E-state index contributed by atoms with van der Waals surface area (Å²) < 4.78 is 0. The van der Waals surface area contributed by atoms with E-state index in [1.54, 1.807) is 0 Å². The van der Waals surface area contributed by atoms with Crippen molar-refractivity contribution in [3.63, 3.8) is 0 Å². The molecule has 76 valence electrons. The van der Waals surface area contributed by atoms with Crippen LogP contribution < -0.4 is 5.73 Å². The third kappa shape index (κ3) is 1.90.